The maximum Gasteiger partial charge on any atom is 0.182 e. The van der Waals surface area contributed by atoms with Crippen molar-refractivity contribution in [2.24, 2.45) is 0 Å². The van der Waals surface area contributed by atoms with Gasteiger partial charge in [0, 0.05) is 0 Å². The second-order valence-corrected chi connectivity index (χ2v) is 4.91. The molecule has 0 atom stereocenters. The Hall–Kier alpha value is -1.87. The molecule has 1 heterocycles. The molecule has 0 aliphatic rings. The monoisotopic (exact) mass is 254 g/mol. The van der Waals surface area contributed by atoms with Crippen LogP contribution in [0.15, 0.2) is 42.5 Å². The topological polar surface area (TPSA) is 20.7 Å². The van der Waals surface area contributed by atoms with Crippen molar-refractivity contribution in [2.45, 2.75) is 13.8 Å². The van der Waals surface area contributed by atoms with Crippen molar-refractivity contribution in [3.8, 4) is 5.69 Å². The van der Waals surface area contributed by atoms with E-state index in [4.69, 9.17) is 12.2 Å². The van der Waals surface area contributed by atoms with E-state index in [0.717, 1.165) is 15.8 Å². The lowest BCUT2D eigenvalue weighted by molar-refractivity contribution is 1.03. The van der Waals surface area contributed by atoms with E-state index in [1.54, 1.807) is 0 Å². The highest BCUT2D eigenvalue weighted by Crippen LogP contribution is 2.24. The fourth-order valence-corrected chi connectivity index (χ4v) is 2.73. The number of aryl methyl sites for hydroxylation is 2. The Balaban J connectivity index is 2.46. The largest absolute Gasteiger partial charge is 0.330 e. The zero-order chi connectivity index (χ0) is 12.7. The highest BCUT2D eigenvalue weighted by atomic mass is 32.1. The van der Waals surface area contributed by atoms with Gasteiger partial charge in [-0.05, 0) is 49.3 Å². The number of nitrogens with one attached hydrogen (secondary N) is 1. The number of hydrogen-bond acceptors (Lipinski definition) is 1. The SMILES string of the molecule is Cc1cccc(C)c1-n1c(=S)[nH]c2ccccc21. The average molecular weight is 254 g/mol. The Morgan fingerprint density at radius 3 is 2.33 bits per heavy atom. The molecule has 0 saturated carbocycles. The summed E-state index contributed by atoms with van der Waals surface area (Å²) in [4.78, 5) is 3.26. The summed E-state index contributed by atoms with van der Waals surface area (Å²) in [5.41, 5.74) is 5.84. The van der Waals surface area contributed by atoms with Gasteiger partial charge in [0.1, 0.15) is 0 Å². The molecule has 0 saturated heterocycles. The first-order valence-corrected chi connectivity index (χ1v) is 6.35. The van der Waals surface area contributed by atoms with Gasteiger partial charge >= 0.3 is 0 Å². The summed E-state index contributed by atoms with van der Waals surface area (Å²) in [5.74, 6) is 0. The fraction of sp³-hybridized carbons (Fsp3) is 0.133. The van der Waals surface area contributed by atoms with Crippen LogP contribution in [0.25, 0.3) is 16.7 Å². The number of hydrogen-bond donors (Lipinski definition) is 1. The van der Waals surface area contributed by atoms with Gasteiger partial charge in [0.15, 0.2) is 4.77 Å². The van der Waals surface area contributed by atoms with E-state index >= 15 is 0 Å². The highest BCUT2D eigenvalue weighted by molar-refractivity contribution is 7.71. The Kier molecular flexibility index (Phi) is 2.56. The van der Waals surface area contributed by atoms with Gasteiger partial charge in [-0.1, -0.05) is 30.3 Å². The lowest BCUT2D eigenvalue weighted by Crippen LogP contribution is -1.99. The van der Waals surface area contributed by atoms with Crippen LogP contribution < -0.4 is 0 Å². The molecule has 0 unspecified atom stereocenters. The molecule has 3 rings (SSSR count). The van der Waals surface area contributed by atoms with Gasteiger partial charge in [-0.15, -0.1) is 0 Å². The van der Waals surface area contributed by atoms with Crippen molar-refractivity contribution in [3.05, 3.63) is 58.4 Å². The molecule has 1 N–H and O–H groups in total. The van der Waals surface area contributed by atoms with E-state index in [-0.39, 0.29) is 0 Å². The summed E-state index contributed by atoms with van der Waals surface area (Å²) in [6.45, 7) is 4.23. The first-order chi connectivity index (χ1) is 8.68. The molecule has 0 amide bonds. The molecular formula is C15H14N2S. The van der Waals surface area contributed by atoms with E-state index in [0.29, 0.717) is 0 Å². The Morgan fingerprint density at radius 1 is 0.944 bits per heavy atom. The predicted octanol–water partition coefficient (Wildman–Crippen LogP) is 4.30. The van der Waals surface area contributed by atoms with E-state index in [2.05, 4.69) is 53.7 Å². The Bertz CT molecular complexity index is 760. The minimum atomic E-state index is 0.744. The van der Waals surface area contributed by atoms with Crippen molar-refractivity contribution in [3.63, 3.8) is 0 Å². The summed E-state index contributed by atoms with van der Waals surface area (Å²) >= 11 is 5.46. The fourth-order valence-electron chi connectivity index (χ4n) is 2.44. The van der Waals surface area contributed by atoms with Crippen LogP contribution in [0.5, 0.6) is 0 Å². The molecule has 18 heavy (non-hydrogen) atoms. The van der Waals surface area contributed by atoms with Gasteiger partial charge in [0.05, 0.1) is 16.7 Å². The molecule has 0 fully saturated rings. The van der Waals surface area contributed by atoms with E-state index < -0.39 is 0 Å². The van der Waals surface area contributed by atoms with E-state index in [1.165, 1.54) is 16.8 Å². The number of para-hydroxylation sites is 3. The number of fused-ring (bicyclic) bond motifs is 1. The van der Waals surface area contributed by atoms with Crippen molar-refractivity contribution < 1.29 is 0 Å². The van der Waals surface area contributed by atoms with Gasteiger partial charge in [-0.25, -0.2) is 0 Å². The van der Waals surface area contributed by atoms with Crippen LogP contribution in [0.4, 0.5) is 0 Å². The summed E-state index contributed by atoms with van der Waals surface area (Å²) in [6, 6.07) is 14.5. The Morgan fingerprint density at radius 2 is 1.61 bits per heavy atom. The third-order valence-electron chi connectivity index (χ3n) is 3.25. The third kappa shape index (κ3) is 1.59. The molecule has 0 aliphatic carbocycles. The molecule has 0 aliphatic heterocycles. The molecule has 1 aromatic heterocycles. The van der Waals surface area contributed by atoms with Crippen molar-refractivity contribution in [1.29, 1.82) is 0 Å². The van der Waals surface area contributed by atoms with Gasteiger partial charge in [-0.3, -0.25) is 4.57 Å². The first kappa shape index (κ1) is 11.2. The van der Waals surface area contributed by atoms with Gasteiger partial charge in [0.25, 0.3) is 0 Å². The molecule has 0 spiro atoms. The van der Waals surface area contributed by atoms with Gasteiger partial charge < -0.3 is 4.98 Å². The average Bonchev–Trinajstić information content (AvgIpc) is 2.66. The van der Waals surface area contributed by atoms with E-state index in [1.807, 2.05) is 12.1 Å². The van der Waals surface area contributed by atoms with Crippen LogP contribution in [0.1, 0.15) is 11.1 Å². The third-order valence-corrected chi connectivity index (χ3v) is 3.54. The number of imidazole rings is 1. The standard InChI is InChI=1S/C15H14N2S/c1-10-6-5-7-11(2)14(10)17-13-9-4-3-8-12(13)16-15(17)18/h3-9H,1-2H3,(H,16,18). The summed E-state index contributed by atoms with van der Waals surface area (Å²) in [6.07, 6.45) is 0. The minimum Gasteiger partial charge on any atom is -0.330 e. The number of rotatable bonds is 1. The van der Waals surface area contributed by atoms with Crippen LogP contribution in [0.3, 0.4) is 0 Å². The zero-order valence-corrected chi connectivity index (χ0v) is 11.2. The minimum absolute atomic E-state index is 0.744. The van der Waals surface area contributed by atoms with E-state index in [9.17, 15) is 0 Å². The van der Waals surface area contributed by atoms with Crippen molar-refractivity contribution in [1.82, 2.24) is 9.55 Å². The zero-order valence-electron chi connectivity index (χ0n) is 10.4. The quantitative estimate of drug-likeness (QED) is 0.642. The van der Waals surface area contributed by atoms with Gasteiger partial charge in [0.2, 0.25) is 0 Å². The number of H-pyrrole nitrogens is 1. The van der Waals surface area contributed by atoms with Crippen LogP contribution in [0.2, 0.25) is 0 Å². The summed E-state index contributed by atoms with van der Waals surface area (Å²) in [7, 11) is 0. The Labute approximate surface area is 111 Å². The second kappa shape index (κ2) is 4.10. The van der Waals surface area contributed by atoms with Crippen LogP contribution in [0, 0.1) is 18.6 Å². The van der Waals surface area contributed by atoms with Crippen molar-refractivity contribution >= 4 is 23.3 Å². The molecular weight excluding hydrogens is 240 g/mol. The lowest BCUT2D eigenvalue weighted by atomic mass is 10.1. The molecule has 90 valence electrons. The van der Waals surface area contributed by atoms with Gasteiger partial charge in [-0.2, -0.15) is 0 Å². The predicted molar refractivity (Wildman–Crippen MR) is 77.9 cm³/mol. The van der Waals surface area contributed by atoms with Crippen LogP contribution in [-0.2, 0) is 0 Å². The second-order valence-electron chi connectivity index (χ2n) is 4.52. The molecule has 3 aromatic rings. The summed E-state index contributed by atoms with van der Waals surface area (Å²) < 4.78 is 2.86. The normalized spacial score (nSPS) is 11.0. The molecule has 2 aromatic carbocycles. The number of nitrogens with zero attached hydrogens (tertiary/aromatic N) is 1. The van der Waals surface area contributed by atoms with Crippen LogP contribution in [-0.4, -0.2) is 9.55 Å². The number of benzene rings is 2. The first-order valence-electron chi connectivity index (χ1n) is 5.95. The lowest BCUT2D eigenvalue weighted by Gasteiger charge is -2.11. The summed E-state index contributed by atoms with van der Waals surface area (Å²) in [5, 5.41) is 0. The number of aromatic amines is 1. The maximum atomic E-state index is 5.46. The maximum absolute atomic E-state index is 5.46. The molecule has 0 bridgehead atoms. The van der Waals surface area contributed by atoms with Crippen molar-refractivity contribution in [2.75, 3.05) is 0 Å². The molecule has 3 heteroatoms. The molecule has 2 nitrogen and oxygen atoms in total. The highest BCUT2D eigenvalue weighted by Gasteiger charge is 2.10. The number of aromatic nitrogens is 2. The van der Waals surface area contributed by atoms with Crippen LogP contribution >= 0.6 is 12.2 Å². The smallest absolute Gasteiger partial charge is 0.182 e. The molecule has 0 radical (unpaired) electrons.